The Morgan fingerprint density at radius 3 is 2.38 bits per heavy atom. The van der Waals surface area contributed by atoms with Crippen LogP contribution >= 0.6 is 11.6 Å². The van der Waals surface area contributed by atoms with Crippen LogP contribution < -0.4 is 26.7 Å². The molecule has 1 aromatic carbocycles. The van der Waals surface area contributed by atoms with Crippen LogP contribution in [0.5, 0.6) is 0 Å². The first kappa shape index (κ1) is 35.7. The molecule has 1 spiro atoms. The van der Waals surface area contributed by atoms with E-state index in [-0.39, 0.29) is 31.5 Å². The highest BCUT2D eigenvalue weighted by Gasteiger charge is 2.54. The number of urea groups is 1. The number of amides is 5. The standard InChI is InChI=1S/C35H49ClN6O6/c1-5-10-25(28(43)31(45)37-24-15-16-24)39-30(44)27-19-35(18-26(41-48-35)21-11-9-12-22(36)17-21)20-42(27)32(46)29(34(2,3)4)40-33(47)38-23-13-7-6-8-14-23/h9,11-12,17-18,23-25,27,29,41H,5-8,10,13-16,19-20H2,1-4H3,(H,37,45)(H,39,44)(H2,38,40,47)/t25-,27-,29+,35+/m0/s1. The van der Waals surface area contributed by atoms with Crippen molar-refractivity contribution in [1.29, 1.82) is 0 Å². The summed E-state index contributed by atoms with van der Waals surface area (Å²) >= 11 is 6.24. The summed E-state index contributed by atoms with van der Waals surface area (Å²) in [5.74, 6) is -2.45. The normalized spacial score (nSPS) is 23.9. The lowest BCUT2D eigenvalue weighted by atomic mass is 9.85. The second-order valence-electron chi connectivity index (χ2n) is 14.7. The van der Waals surface area contributed by atoms with Crippen LogP contribution in [0, 0.1) is 5.41 Å². The van der Waals surface area contributed by atoms with Crippen LogP contribution in [0.4, 0.5) is 4.79 Å². The monoisotopic (exact) mass is 684 g/mol. The second-order valence-corrected chi connectivity index (χ2v) is 15.2. The van der Waals surface area contributed by atoms with E-state index in [4.69, 9.17) is 16.4 Å². The molecule has 5 rings (SSSR count). The van der Waals surface area contributed by atoms with E-state index in [0.717, 1.165) is 50.5 Å². The van der Waals surface area contributed by atoms with Gasteiger partial charge in [0.25, 0.3) is 5.91 Å². The average Bonchev–Trinajstić information content (AvgIpc) is 3.63. The predicted molar refractivity (Wildman–Crippen MR) is 181 cm³/mol. The SMILES string of the molecule is CCC[C@H](NC(=O)[C@@H]1C[C@]2(C=C(c3cccc(Cl)c3)NO2)CN1C(=O)[C@@H](NC(=O)NC1CCCCC1)C(C)(C)C)C(=O)C(=O)NC1CC1. The zero-order valence-electron chi connectivity index (χ0n) is 28.3. The van der Waals surface area contributed by atoms with Crippen LogP contribution in [0.15, 0.2) is 30.3 Å². The maximum absolute atomic E-state index is 14.5. The third-order valence-corrected chi connectivity index (χ3v) is 9.76. The minimum atomic E-state index is -1.09. The third-order valence-electron chi connectivity index (χ3n) is 9.52. The first-order chi connectivity index (χ1) is 22.8. The van der Waals surface area contributed by atoms with Crippen molar-refractivity contribution in [2.45, 2.75) is 128 Å². The van der Waals surface area contributed by atoms with Gasteiger partial charge in [-0.3, -0.25) is 29.5 Å². The minimum absolute atomic E-state index is 0.00753. The number of rotatable bonds is 11. The van der Waals surface area contributed by atoms with Gasteiger partial charge in [-0.2, -0.15) is 0 Å². The van der Waals surface area contributed by atoms with Crippen molar-refractivity contribution in [2.75, 3.05) is 6.54 Å². The van der Waals surface area contributed by atoms with Gasteiger partial charge in [-0.15, -0.1) is 0 Å². The number of hydrogen-bond donors (Lipinski definition) is 5. The molecule has 2 aliphatic heterocycles. The zero-order chi connectivity index (χ0) is 34.6. The number of carbonyl (C=O) groups excluding carboxylic acids is 5. The summed E-state index contributed by atoms with van der Waals surface area (Å²) in [4.78, 5) is 75.2. The summed E-state index contributed by atoms with van der Waals surface area (Å²) in [6.45, 7) is 7.45. The van der Waals surface area contributed by atoms with Crippen LogP contribution in [-0.4, -0.2) is 76.8 Å². The maximum atomic E-state index is 14.5. The van der Waals surface area contributed by atoms with Crippen molar-refractivity contribution in [2.24, 2.45) is 5.41 Å². The summed E-state index contributed by atoms with van der Waals surface area (Å²) in [6.07, 6.45) is 9.40. The summed E-state index contributed by atoms with van der Waals surface area (Å²) in [5.41, 5.74) is 2.56. The molecular formula is C35H49ClN6O6. The first-order valence-corrected chi connectivity index (χ1v) is 17.6. The minimum Gasteiger partial charge on any atom is -0.347 e. The fourth-order valence-corrected chi connectivity index (χ4v) is 6.90. The van der Waals surface area contributed by atoms with Gasteiger partial charge in [0, 0.05) is 29.1 Å². The van der Waals surface area contributed by atoms with Gasteiger partial charge in [0.05, 0.1) is 18.3 Å². The van der Waals surface area contributed by atoms with Gasteiger partial charge in [0.1, 0.15) is 17.7 Å². The molecule has 0 radical (unpaired) electrons. The number of hydroxylamine groups is 1. The van der Waals surface area contributed by atoms with Crippen molar-refractivity contribution < 1.29 is 28.8 Å². The summed E-state index contributed by atoms with van der Waals surface area (Å²) in [7, 11) is 0. The van der Waals surface area contributed by atoms with Crippen LogP contribution in [0.3, 0.4) is 0 Å². The molecule has 1 saturated heterocycles. The highest BCUT2D eigenvalue weighted by atomic mass is 35.5. The second kappa shape index (κ2) is 14.9. The van der Waals surface area contributed by atoms with Gasteiger partial charge >= 0.3 is 6.03 Å². The molecule has 2 saturated carbocycles. The Bertz CT molecular complexity index is 1430. The van der Waals surface area contributed by atoms with E-state index in [2.05, 4.69) is 26.7 Å². The average molecular weight is 685 g/mol. The van der Waals surface area contributed by atoms with E-state index in [1.807, 2.05) is 45.9 Å². The number of hydrogen-bond acceptors (Lipinski definition) is 7. The lowest BCUT2D eigenvalue weighted by Crippen LogP contribution is -2.60. The molecule has 4 aliphatic rings. The Labute approximate surface area is 287 Å². The van der Waals surface area contributed by atoms with Crippen LogP contribution in [0.1, 0.15) is 97.5 Å². The molecule has 4 atom stereocenters. The number of nitrogens with one attached hydrogen (secondary N) is 5. The molecule has 1 aromatic rings. The summed E-state index contributed by atoms with van der Waals surface area (Å²) in [5, 5.41) is 12.0. The number of benzene rings is 1. The topological polar surface area (TPSA) is 158 Å². The molecular weight excluding hydrogens is 636 g/mol. The van der Waals surface area contributed by atoms with E-state index in [1.165, 1.54) is 4.90 Å². The van der Waals surface area contributed by atoms with Crippen LogP contribution in [-0.2, 0) is 24.0 Å². The number of ketones is 1. The largest absolute Gasteiger partial charge is 0.347 e. The van der Waals surface area contributed by atoms with Gasteiger partial charge in [0.15, 0.2) is 0 Å². The van der Waals surface area contributed by atoms with E-state index in [0.29, 0.717) is 17.1 Å². The highest BCUT2D eigenvalue weighted by Crippen LogP contribution is 2.39. The van der Waals surface area contributed by atoms with Crippen LogP contribution in [0.25, 0.3) is 5.70 Å². The maximum Gasteiger partial charge on any atom is 0.315 e. The fourth-order valence-electron chi connectivity index (χ4n) is 6.71. The summed E-state index contributed by atoms with van der Waals surface area (Å²) in [6, 6.07) is 3.75. The van der Waals surface area contributed by atoms with Gasteiger partial charge in [0.2, 0.25) is 17.6 Å². The Hall–Kier alpha value is -3.64. The predicted octanol–water partition coefficient (Wildman–Crippen LogP) is 3.73. The molecule has 0 unspecified atom stereocenters. The van der Waals surface area contributed by atoms with Crippen molar-refractivity contribution in [3.63, 3.8) is 0 Å². The molecule has 262 valence electrons. The number of Topliss-reactive ketones (excluding diaryl/α,β-unsaturated/α-hetero) is 1. The van der Waals surface area contributed by atoms with E-state index in [9.17, 15) is 24.0 Å². The lowest BCUT2D eigenvalue weighted by molar-refractivity contribution is -0.144. The lowest BCUT2D eigenvalue weighted by Gasteiger charge is -2.36. The molecule has 0 aromatic heterocycles. The summed E-state index contributed by atoms with van der Waals surface area (Å²) < 4.78 is 0. The Balaban J connectivity index is 1.40. The molecule has 2 heterocycles. The van der Waals surface area contributed by atoms with Gasteiger partial charge in [-0.25, -0.2) is 4.79 Å². The Morgan fingerprint density at radius 1 is 1.02 bits per heavy atom. The molecule has 2 aliphatic carbocycles. The zero-order valence-corrected chi connectivity index (χ0v) is 29.1. The smallest absolute Gasteiger partial charge is 0.315 e. The molecule has 13 heteroatoms. The van der Waals surface area contributed by atoms with Gasteiger partial charge in [-0.1, -0.05) is 77.1 Å². The number of carbonyl (C=O) groups is 5. The molecule has 5 N–H and O–H groups in total. The quantitative estimate of drug-likeness (QED) is 0.222. The Kier molecular flexibility index (Phi) is 11.0. The molecule has 12 nitrogen and oxygen atoms in total. The van der Waals surface area contributed by atoms with Crippen LogP contribution in [0.2, 0.25) is 5.02 Å². The van der Waals surface area contributed by atoms with Crippen molar-refractivity contribution in [3.05, 3.63) is 40.9 Å². The van der Waals surface area contributed by atoms with E-state index in [1.54, 1.807) is 12.1 Å². The fraction of sp³-hybridized carbons (Fsp3) is 0.629. The molecule has 0 bridgehead atoms. The highest BCUT2D eigenvalue weighted by molar-refractivity contribution is 6.38. The molecule has 5 amide bonds. The van der Waals surface area contributed by atoms with E-state index >= 15 is 0 Å². The molecule has 48 heavy (non-hydrogen) atoms. The third kappa shape index (κ3) is 8.68. The number of likely N-dealkylation sites (tertiary alicyclic amines) is 1. The van der Waals surface area contributed by atoms with E-state index < -0.39 is 58.7 Å². The Morgan fingerprint density at radius 2 is 1.73 bits per heavy atom. The van der Waals surface area contributed by atoms with Gasteiger partial charge in [-0.05, 0) is 55.7 Å². The number of nitrogens with zero attached hydrogens (tertiary/aromatic N) is 1. The van der Waals surface area contributed by atoms with Crippen molar-refractivity contribution >= 4 is 46.8 Å². The van der Waals surface area contributed by atoms with Crippen molar-refractivity contribution in [1.82, 2.24) is 31.6 Å². The van der Waals surface area contributed by atoms with Gasteiger partial charge < -0.3 is 26.2 Å². The number of halogens is 1. The molecule has 3 fully saturated rings. The first-order valence-electron chi connectivity index (χ1n) is 17.2. The van der Waals surface area contributed by atoms with Crippen molar-refractivity contribution in [3.8, 4) is 0 Å².